The van der Waals surface area contributed by atoms with Gasteiger partial charge < -0.3 is 15.4 Å². The molecular formula is C20H27N7O. The summed E-state index contributed by atoms with van der Waals surface area (Å²) in [5.74, 6) is 2.05. The maximum absolute atomic E-state index is 5.52. The van der Waals surface area contributed by atoms with E-state index in [0.29, 0.717) is 12.0 Å². The molecule has 0 aliphatic heterocycles. The number of anilines is 1. The highest BCUT2D eigenvalue weighted by Crippen LogP contribution is 2.43. The molecule has 2 N–H and O–H groups in total. The van der Waals surface area contributed by atoms with Gasteiger partial charge in [0.05, 0.1) is 25.7 Å². The molecule has 1 fully saturated rings. The fourth-order valence-corrected chi connectivity index (χ4v) is 3.48. The highest BCUT2D eigenvalue weighted by atomic mass is 16.5. The van der Waals surface area contributed by atoms with Crippen molar-refractivity contribution in [2.24, 2.45) is 0 Å². The van der Waals surface area contributed by atoms with Crippen LogP contribution in [0.1, 0.15) is 44.2 Å². The molecule has 1 aliphatic rings. The van der Waals surface area contributed by atoms with Gasteiger partial charge in [0.2, 0.25) is 0 Å². The van der Waals surface area contributed by atoms with Crippen LogP contribution in [0.4, 0.5) is 5.82 Å². The van der Waals surface area contributed by atoms with Crippen LogP contribution < -0.4 is 15.4 Å². The third-order valence-electron chi connectivity index (χ3n) is 5.01. The zero-order valence-corrected chi connectivity index (χ0v) is 16.6. The first-order valence-electron chi connectivity index (χ1n) is 9.89. The quantitative estimate of drug-likeness (QED) is 0.589. The van der Waals surface area contributed by atoms with Crippen LogP contribution in [0.5, 0.6) is 5.75 Å². The lowest BCUT2D eigenvalue weighted by Crippen LogP contribution is -2.31. The smallest absolute Gasteiger partial charge is 0.157 e. The van der Waals surface area contributed by atoms with Gasteiger partial charge in [0.25, 0.3) is 0 Å². The summed E-state index contributed by atoms with van der Waals surface area (Å²) in [6, 6.07) is 2.26. The van der Waals surface area contributed by atoms with E-state index in [9.17, 15) is 0 Å². The van der Waals surface area contributed by atoms with Crippen LogP contribution in [0, 0.1) is 0 Å². The molecule has 1 atom stereocenters. The van der Waals surface area contributed by atoms with Crippen LogP contribution in [0.2, 0.25) is 0 Å². The molecule has 3 heterocycles. The number of nitrogens with one attached hydrogen (secondary N) is 2. The van der Waals surface area contributed by atoms with Crippen LogP contribution in [0.3, 0.4) is 0 Å². The van der Waals surface area contributed by atoms with Gasteiger partial charge in [-0.25, -0.2) is 14.5 Å². The molecule has 0 aromatic carbocycles. The number of likely N-dealkylation sites (N-methyl/N-ethyl adjacent to an activating group) is 1. The van der Waals surface area contributed by atoms with E-state index >= 15 is 0 Å². The summed E-state index contributed by atoms with van der Waals surface area (Å²) in [7, 11) is 3.64. The van der Waals surface area contributed by atoms with Crippen molar-refractivity contribution in [2.45, 2.75) is 44.6 Å². The van der Waals surface area contributed by atoms with Gasteiger partial charge in [-0.3, -0.25) is 4.98 Å². The Hall–Kier alpha value is -2.74. The largest absolute Gasteiger partial charge is 0.495 e. The Morgan fingerprint density at radius 1 is 1.29 bits per heavy atom. The number of hydrogen-bond acceptors (Lipinski definition) is 7. The van der Waals surface area contributed by atoms with Crippen molar-refractivity contribution < 1.29 is 4.74 Å². The van der Waals surface area contributed by atoms with E-state index in [0.717, 1.165) is 66.5 Å². The Labute approximate surface area is 164 Å². The monoisotopic (exact) mass is 381 g/mol. The summed E-state index contributed by atoms with van der Waals surface area (Å²) in [5.41, 5.74) is 3.32. The van der Waals surface area contributed by atoms with Crippen molar-refractivity contribution in [1.29, 1.82) is 0 Å². The van der Waals surface area contributed by atoms with Crippen molar-refractivity contribution in [2.75, 3.05) is 26.0 Å². The first-order valence-corrected chi connectivity index (χ1v) is 9.89. The molecule has 3 aromatic rings. The number of methoxy groups -OCH3 is 1. The van der Waals surface area contributed by atoms with E-state index in [2.05, 4.69) is 27.5 Å². The lowest BCUT2D eigenvalue weighted by Gasteiger charge is -2.18. The van der Waals surface area contributed by atoms with Crippen molar-refractivity contribution in [3.05, 3.63) is 30.4 Å². The number of fused-ring (bicyclic) bond motifs is 1. The molecule has 1 unspecified atom stereocenters. The first kappa shape index (κ1) is 18.6. The molecule has 8 heteroatoms. The Morgan fingerprint density at radius 2 is 2.14 bits per heavy atom. The van der Waals surface area contributed by atoms with E-state index < -0.39 is 0 Å². The molecule has 0 amide bonds. The summed E-state index contributed by atoms with van der Waals surface area (Å²) < 4.78 is 7.37. The average Bonchev–Trinajstić information content (AvgIpc) is 3.47. The number of nitrogens with zero attached hydrogens (tertiary/aromatic N) is 5. The third kappa shape index (κ3) is 3.77. The van der Waals surface area contributed by atoms with Gasteiger partial charge in [-0.1, -0.05) is 13.3 Å². The number of rotatable bonds is 9. The van der Waals surface area contributed by atoms with E-state index in [1.165, 1.54) is 0 Å². The Kier molecular flexibility index (Phi) is 5.38. The number of hydrogen-bond donors (Lipinski definition) is 2. The number of ether oxygens (including phenoxy) is 1. The summed E-state index contributed by atoms with van der Waals surface area (Å²) >= 11 is 0. The molecule has 0 saturated heterocycles. The SMILES string of the molecule is CCCC(CNC)Nc1cncc(-c2cnc3cc(OC)c(C4CC4)nn23)n1. The van der Waals surface area contributed by atoms with Gasteiger partial charge in [0.15, 0.2) is 5.65 Å². The van der Waals surface area contributed by atoms with Crippen molar-refractivity contribution >= 4 is 11.5 Å². The number of imidazole rings is 1. The lowest BCUT2D eigenvalue weighted by molar-refractivity contribution is 0.405. The van der Waals surface area contributed by atoms with Crippen LogP contribution in [0.15, 0.2) is 24.7 Å². The third-order valence-corrected chi connectivity index (χ3v) is 5.01. The van der Waals surface area contributed by atoms with Gasteiger partial charge in [-0.05, 0) is 26.3 Å². The zero-order chi connectivity index (χ0) is 19.5. The Morgan fingerprint density at radius 3 is 2.86 bits per heavy atom. The Balaban J connectivity index is 1.67. The molecular weight excluding hydrogens is 354 g/mol. The minimum atomic E-state index is 0.311. The average molecular weight is 381 g/mol. The van der Waals surface area contributed by atoms with Crippen LogP contribution >= 0.6 is 0 Å². The molecule has 0 spiro atoms. The second kappa shape index (κ2) is 8.10. The lowest BCUT2D eigenvalue weighted by atomic mass is 10.1. The molecule has 28 heavy (non-hydrogen) atoms. The first-order chi connectivity index (χ1) is 13.7. The standard InChI is InChI=1S/C20H27N7O/c1-4-5-14(9-21-2)24-18-12-22-10-15(25-18)16-11-23-19-8-17(28-3)20(13-6-7-13)26-27(16)19/h8,10-14,21H,4-7,9H2,1-3H3,(H,24,25). The molecule has 0 bridgehead atoms. The molecule has 1 aliphatic carbocycles. The summed E-state index contributed by atoms with van der Waals surface area (Å²) in [5, 5.41) is 11.5. The minimum absolute atomic E-state index is 0.311. The highest BCUT2D eigenvalue weighted by molar-refractivity contribution is 5.61. The van der Waals surface area contributed by atoms with Gasteiger partial charge >= 0.3 is 0 Å². The van der Waals surface area contributed by atoms with Gasteiger partial charge in [-0.2, -0.15) is 5.10 Å². The van der Waals surface area contributed by atoms with E-state index in [1.54, 1.807) is 25.7 Å². The Bertz CT molecular complexity index is 945. The van der Waals surface area contributed by atoms with Crippen molar-refractivity contribution in [1.82, 2.24) is 29.9 Å². The van der Waals surface area contributed by atoms with Gasteiger partial charge in [0, 0.05) is 24.6 Å². The fourth-order valence-electron chi connectivity index (χ4n) is 3.48. The summed E-state index contributed by atoms with van der Waals surface area (Å²) in [6.45, 7) is 3.06. The second-order valence-corrected chi connectivity index (χ2v) is 7.26. The van der Waals surface area contributed by atoms with Crippen molar-refractivity contribution in [3.63, 3.8) is 0 Å². The van der Waals surface area contributed by atoms with E-state index in [-0.39, 0.29) is 0 Å². The van der Waals surface area contributed by atoms with Crippen LogP contribution in [-0.4, -0.2) is 51.3 Å². The van der Waals surface area contributed by atoms with E-state index in [1.807, 2.05) is 17.6 Å². The molecule has 8 nitrogen and oxygen atoms in total. The summed E-state index contributed by atoms with van der Waals surface area (Å²) in [6.07, 6.45) is 9.79. The second-order valence-electron chi connectivity index (χ2n) is 7.26. The predicted molar refractivity (Wildman–Crippen MR) is 109 cm³/mol. The molecule has 0 radical (unpaired) electrons. The van der Waals surface area contributed by atoms with Crippen LogP contribution in [0.25, 0.3) is 17.0 Å². The molecule has 4 rings (SSSR count). The molecule has 3 aromatic heterocycles. The van der Waals surface area contributed by atoms with Gasteiger partial charge in [-0.15, -0.1) is 0 Å². The topological polar surface area (TPSA) is 89.3 Å². The summed E-state index contributed by atoms with van der Waals surface area (Å²) in [4.78, 5) is 13.7. The maximum Gasteiger partial charge on any atom is 0.157 e. The molecule has 148 valence electrons. The highest BCUT2D eigenvalue weighted by Gasteiger charge is 2.29. The number of aromatic nitrogens is 5. The normalized spacial score (nSPS) is 15.0. The zero-order valence-electron chi connectivity index (χ0n) is 16.6. The van der Waals surface area contributed by atoms with Crippen LogP contribution in [-0.2, 0) is 0 Å². The minimum Gasteiger partial charge on any atom is -0.495 e. The van der Waals surface area contributed by atoms with Gasteiger partial charge in [0.1, 0.15) is 28.6 Å². The van der Waals surface area contributed by atoms with Crippen molar-refractivity contribution in [3.8, 4) is 17.1 Å². The molecule has 1 saturated carbocycles. The van der Waals surface area contributed by atoms with E-state index in [4.69, 9.17) is 14.8 Å². The maximum atomic E-state index is 5.52. The predicted octanol–water partition coefficient (Wildman–Crippen LogP) is 2.87. The fraction of sp³-hybridized carbons (Fsp3) is 0.500.